The zero-order valence-corrected chi connectivity index (χ0v) is 14.3. The van der Waals surface area contributed by atoms with E-state index in [0.717, 1.165) is 25.0 Å². The van der Waals surface area contributed by atoms with Gasteiger partial charge in [-0.1, -0.05) is 0 Å². The van der Waals surface area contributed by atoms with Crippen LogP contribution in [0.25, 0.3) is 0 Å². The number of rotatable bonds is 6. The molecule has 7 nitrogen and oxygen atoms in total. The topological polar surface area (TPSA) is 84.7 Å². The zero-order chi connectivity index (χ0) is 16.4. The molecule has 0 aromatic carbocycles. The van der Waals surface area contributed by atoms with Crippen molar-refractivity contribution < 1.29 is 18.3 Å². The molecule has 0 aliphatic carbocycles. The first-order valence-corrected chi connectivity index (χ1v) is 9.79. The summed E-state index contributed by atoms with van der Waals surface area (Å²) in [5.41, 5.74) is 0.989. The molecule has 1 aromatic heterocycles. The van der Waals surface area contributed by atoms with Crippen LogP contribution in [0, 0.1) is 5.92 Å². The summed E-state index contributed by atoms with van der Waals surface area (Å²) in [6.45, 7) is 1.52. The predicted molar refractivity (Wildman–Crippen MR) is 85.5 cm³/mol. The molecule has 0 bridgehead atoms. The van der Waals surface area contributed by atoms with Crippen LogP contribution in [-0.2, 0) is 21.8 Å². The van der Waals surface area contributed by atoms with Crippen molar-refractivity contribution in [3.05, 3.63) is 18.0 Å². The molecule has 130 valence electrons. The van der Waals surface area contributed by atoms with Crippen LogP contribution in [0.2, 0.25) is 0 Å². The summed E-state index contributed by atoms with van der Waals surface area (Å²) in [6, 6.07) is 0. The second-order valence-electron chi connectivity index (χ2n) is 6.55. The van der Waals surface area contributed by atoms with Gasteiger partial charge in [-0.25, -0.2) is 12.7 Å². The average molecular weight is 343 g/mol. The van der Waals surface area contributed by atoms with Gasteiger partial charge in [-0.2, -0.15) is 5.10 Å². The summed E-state index contributed by atoms with van der Waals surface area (Å²) >= 11 is 0. The number of aromatic nitrogens is 2. The highest BCUT2D eigenvalue weighted by atomic mass is 32.2. The fraction of sp³-hybridized carbons (Fsp3) is 0.800. The minimum Gasteiger partial charge on any atom is -0.396 e. The molecule has 2 aliphatic rings. The van der Waals surface area contributed by atoms with Crippen molar-refractivity contribution in [2.24, 2.45) is 13.0 Å². The molecule has 1 N–H and O–H groups in total. The van der Waals surface area contributed by atoms with Gasteiger partial charge in [0.05, 0.1) is 18.1 Å². The number of ether oxygens (including phenoxy) is 1. The van der Waals surface area contributed by atoms with E-state index in [-0.39, 0.29) is 30.3 Å². The third kappa shape index (κ3) is 3.76. The van der Waals surface area contributed by atoms with E-state index in [1.54, 1.807) is 10.9 Å². The second-order valence-corrected chi connectivity index (χ2v) is 8.64. The highest BCUT2D eigenvalue weighted by Crippen LogP contribution is 2.34. The molecule has 0 radical (unpaired) electrons. The van der Waals surface area contributed by atoms with Gasteiger partial charge in [-0.15, -0.1) is 0 Å². The van der Waals surface area contributed by atoms with E-state index in [4.69, 9.17) is 4.74 Å². The normalized spacial score (nSPS) is 29.4. The first-order valence-electron chi connectivity index (χ1n) is 8.18. The van der Waals surface area contributed by atoms with Crippen LogP contribution in [-0.4, -0.2) is 65.8 Å². The largest absolute Gasteiger partial charge is 0.396 e. The average Bonchev–Trinajstić information content (AvgIpc) is 3.25. The molecule has 0 amide bonds. The lowest BCUT2D eigenvalue weighted by Crippen LogP contribution is -2.32. The molecule has 0 unspecified atom stereocenters. The maximum Gasteiger partial charge on any atom is 0.214 e. The van der Waals surface area contributed by atoms with Crippen molar-refractivity contribution in [1.29, 1.82) is 0 Å². The van der Waals surface area contributed by atoms with Gasteiger partial charge in [-0.3, -0.25) is 4.68 Å². The fourth-order valence-corrected chi connectivity index (χ4v) is 5.16. The van der Waals surface area contributed by atoms with E-state index in [1.807, 2.05) is 13.2 Å². The number of aliphatic hydroxyl groups is 1. The van der Waals surface area contributed by atoms with Crippen molar-refractivity contribution in [2.75, 3.05) is 32.1 Å². The molecule has 2 aliphatic heterocycles. The molecular weight excluding hydrogens is 318 g/mol. The fourth-order valence-electron chi connectivity index (χ4n) is 3.53. The Kier molecular flexibility index (Phi) is 5.05. The highest BCUT2D eigenvalue weighted by molar-refractivity contribution is 7.89. The second kappa shape index (κ2) is 6.88. The molecule has 3 atom stereocenters. The summed E-state index contributed by atoms with van der Waals surface area (Å²) in [6.07, 6.45) is 6.26. The van der Waals surface area contributed by atoms with Crippen molar-refractivity contribution in [2.45, 2.75) is 31.3 Å². The van der Waals surface area contributed by atoms with E-state index < -0.39 is 10.0 Å². The highest BCUT2D eigenvalue weighted by Gasteiger charge is 2.39. The van der Waals surface area contributed by atoms with E-state index in [0.29, 0.717) is 19.5 Å². The Balaban J connectivity index is 1.65. The molecule has 0 saturated carbocycles. The van der Waals surface area contributed by atoms with Crippen LogP contribution in [0.1, 0.15) is 30.7 Å². The van der Waals surface area contributed by atoms with Crippen molar-refractivity contribution in [3.63, 3.8) is 0 Å². The third-order valence-electron chi connectivity index (χ3n) is 4.91. The number of hydrogen-bond donors (Lipinski definition) is 1. The van der Waals surface area contributed by atoms with Crippen LogP contribution in [0.3, 0.4) is 0 Å². The summed E-state index contributed by atoms with van der Waals surface area (Å²) in [5, 5.41) is 13.8. The van der Waals surface area contributed by atoms with Gasteiger partial charge >= 0.3 is 0 Å². The molecule has 2 fully saturated rings. The lowest BCUT2D eigenvalue weighted by Gasteiger charge is -2.17. The van der Waals surface area contributed by atoms with Gasteiger partial charge in [0.2, 0.25) is 10.0 Å². The van der Waals surface area contributed by atoms with E-state index in [1.165, 1.54) is 4.31 Å². The minimum atomic E-state index is -3.31. The number of hydrogen-bond acceptors (Lipinski definition) is 5. The summed E-state index contributed by atoms with van der Waals surface area (Å²) in [4.78, 5) is 0. The molecule has 0 spiro atoms. The van der Waals surface area contributed by atoms with E-state index in [9.17, 15) is 13.5 Å². The number of aryl methyl sites for hydroxylation is 1. The van der Waals surface area contributed by atoms with Crippen LogP contribution in [0.5, 0.6) is 0 Å². The van der Waals surface area contributed by atoms with Gasteiger partial charge in [-0.05, 0) is 24.8 Å². The molecule has 1 aromatic rings. The van der Waals surface area contributed by atoms with Gasteiger partial charge in [0.25, 0.3) is 0 Å². The van der Waals surface area contributed by atoms with E-state index >= 15 is 0 Å². The lowest BCUT2D eigenvalue weighted by molar-refractivity contribution is 0.108. The SMILES string of the molecule is Cn1cc([C@@H]2CN(S(=O)(=O)CC[C@@H]3CCCO3)C[C@H]2CO)cn1. The molecule has 3 rings (SSSR count). The first-order chi connectivity index (χ1) is 11.0. The van der Waals surface area contributed by atoms with Crippen molar-refractivity contribution in [3.8, 4) is 0 Å². The maximum absolute atomic E-state index is 12.6. The van der Waals surface area contributed by atoms with Crippen LogP contribution in [0.4, 0.5) is 0 Å². The Morgan fingerprint density at radius 2 is 2.26 bits per heavy atom. The van der Waals surface area contributed by atoms with Gasteiger partial charge in [0, 0.05) is 51.4 Å². The maximum atomic E-state index is 12.6. The van der Waals surface area contributed by atoms with Crippen molar-refractivity contribution >= 4 is 10.0 Å². The molecule has 2 saturated heterocycles. The first kappa shape index (κ1) is 16.9. The quantitative estimate of drug-likeness (QED) is 0.804. The Labute approximate surface area is 137 Å². The number of sulfonamides is 1. The lowest BCUT2D eigenvalue weighted by atomic mass is 9.92. The van der Waals surface area contributed by atoms with Gasteiger partial charge < -0.3 is 9.84 Å². The number of aliphatic hydroxyl groups excluding tert-OH is 1. The Hall–Kier alpha value is -0.960. The molecule has 8 heteroatoms. The summed E-state index contributed by atoms with van der Waals surface area (Å²) in [7, 11) is -1.47. The smallest absolute Gasteiger partial charge is 0.214 e. The Morgan fingerprint density at radius 3 is 2.87 bits per heavy atom. The Bertz CT molecular complexity index is 624. The van der Waals surface area contributed by atoms with Gasteiger partial charge in [0.1, 0.15) is 0 Å². The van der Waals surface area contributed by atoms with Gasteiger partial charge in [0.15, 0.2) is 0 Å². The molecular formula is C15H25N3O4S. The molecule has 3 heterocycles. The standard InChI is InChI=1S/C15H25N3O4S/c1-17-8-12(7-16-17)15-10-18(9-13(15)11-19)23(20,21)6-4-14-3-2-5-22-14/h7-8,13-15,19H,2-6,9-11H2,1H3/t13-,14-,15-/m0/s1. The van der Waals surface area contributed by atoms with Crippen LogP contribution < -0.4 is 0 Å². The third-order valence-corrected chi connectivity index (χ3v) is 6.75. The van der Waals surface area contributed by atoms with E-state index in [2.05, 4.69) is 5.10 Å². The summed E-state index contributed by atoms with van der Waals surface area (Å²) < 4.78 is 33.9. The monoisotopic (exact) mass is 343 g/mol. The van der Waals surface area contributed by atoms with Crippen LogP contribution in [0.15, 0.2) is 12.4 Å². The zero-order valence-electron chi connectivity index (χ0n) is 13.5. The Morgan fingerprint density at radius 1 is 1.43 bits per heavy atom. The van der Waals surface area contributed by atoms with Crippen molar-refractivity contribution in [1.82, 2.24) is 14.1 Å². The summed E-state index contributed by atoms with van der Waals surface area (Å²) in [5.74, 6) is 0.0539. The predicted octanol–water partition coefficient (Wildman–Crippen LogP) is 0.327. The number of nitrogens with zero attached hydrogens (tertiary/aromatic N) is 3. The molecule has 23 heavy (non-hydrogen) atoms. The minimum absolute atomic E-state index is 0.00575. The van der Waals surface area contributed by atoms with Crippen LogP contribution >= 0.6 is 0 Å².